The number of ether oxygens (including phenoxy) is 2. The summed E-state index contributed by atoms with van der Waals surface area (Å²) in [5, 5.41) is 0.598. The van der Waals surface area contributed by atoms with Crippen molar-refractivity contribution in [3.63, 3.8) is 0 Å². The van der Waals surface area contributed by atoms with Crippen LogP contribution < -0.4 is 15.2 Å². The van der Waals surface area contributed by atoms with E-state index in [1.165, 1.54) is 0 Å². The number of aromatic nitrogens is 2. The quantitative estimate of drug-likeness (QED) is 0.807. The predicted molar refractivity (Wildman–Crippen MR) is 83.2 cm³/mol. The summed E-state index contributed by atoms with van der Waals surface area (Å²) in [5.74, 6) is 1.88. The Kier molecular flexibility index (Phi) is 3.35. The summed E-state index contributed by atoms with van der Waals surface area (Å²) in [5.41, 5.74) is 8.40. The Bertz CT molecular complexity index is 792. The van der Waals surface area contributed by atoms with Gasteiger partial charge < -0.3 is 15.2 Å². The maximum atomic E-state index is 6.18. The van der Waals surface area contributed by atoms with Crippen molar-refractivity contribution >= 4 is 23.1 Å². The number of imidazole rings is 1. The summed E-state index contributed by atoms with van der Waals surface area (Å²) >= 11 is 6.00. The van der Waals surface area contributed by atoms with E-state index in [9.17, 15) is 0 Å². The van der Waals surface area contributed by atoms with Crippen molar-refractivity contribution in [1.29, 1.82) is 0 Å². The molecule has 0 aliphatic heterocycles. The second-order valence-corrected chi connectivity index (χ2v) is 4.96. The van der Waals surface area contributed by atoms with Crippen molar-refractivity contribution in [2.24, 2.45) is 0 Å². The first-order valence-corrected chi connectivity index (χ1v) is 6.66. The molecule has 21 heavy (non-hydrogen) atoms. The Labute approximate surface area is 126 Å². The first-order chi connectivity index (χ1) is 10.1. The fourth-order valence-electron chi connectivity index (χ4n) is 2.19. The molecule has 0 amide bonds. The Balaban J connectivity index is 2.22. The maximum absolute atomic E-state index is 6.18. The van der Waals surface area contributed by atoms with Crippen LogP contribution in [0.5, 0.6) is 11.5 Å². The number of hydrogen-bond donors (Lipinski definition) is 1. The zero-order valence-corrected chi connectivity index (χ0v) is 12.4. The number of fused-ring (bicyclic) bond motifs is 1. The fraction of sp³-hybridized carbons (Fsp3) is 0.133. The number of nitrogens with two attached hydrogens (primary N) is 1. The van der Waals surface area contributed by atoms with E-state index in [0.717, 1.165) is 11.2 Å². The number of anilines is 1. The molecule has 2 heterocycles. The minimum absolute atomic E-state index is 0.516. The van der Waals surface area contributed by atoms with Crippen molar-refractivity contribution in [2.75, 3.05) is 20.0 Å². The molecular weight excluding hydrogens is 290 g/mol. The molecule has 3 rings (SSSR count). The molecule has 0 spiro atoms. The third-order valence-corrected chi connectivity index (χ3v) is 3.47. The standard InChI is InChI=1S/C15H14ClN3O2/c1-20-11-5-9(6-12(7-11)21-2)14-15(17)19-8-10(16)3-4-13(19)18-14/h3-8H,17H2,1-2H3. The monoisotopic (exact) mass is 303 g/mol. The Morgan fingerprint density at radius 3 is 2.38 bits per heavy atom. The van der Waals surface area contributed by atoms with Crippen LogP contribution in [0.2, 0.25) is 5.02 Å². The van der Waals surface area contributed by atoms with E-state index in [4.69, 9.17) is 26.8 Å². The van der Waals surface area contributed by atoms with Crippen LogP contribution in [0.1, 0.15) is 0 Å². The third kappa shape index (κ3) is 2.36. The Morgan fingerprint density at radius 2 is 1.76 bits per heavy atom. The van der Waals surface area contributed by atoms with E-state index in [-0.39, 0.29) is 0 Å². The van der Waals surface area contributed by atoms with Gasteiger partial charge in [-0.1, -0.05) is 11.6 Å². The molecule has 0 atom stereocenters. The number of pyridine rings is 1. The second kappa shape index (κ2) is 5.18. The van der Waals surface area contributed by atoms with Crippen LogP contribution in [-0.2, 0) is 0 Å². The summed E-state index contributed by atoms with van der Waals surface area (Å²) in [6.45, 7) is 0. The highest BCUT2D eigenvalue weighted by Gasteiger charge is 2.13. The van der Waals surface area contributed by atoms with Crippen molar-refractivity contribution in [3.8, 4) is 22.8 Å². The smallest absolute Gasteiger partial charge is 0.139 e. The summed E-state index contributed by atoms with van der Waals surface area (Å²) in [7, 11) is 3.21. The maximum Gasteiger partial charge on any atom is 0.139 e. The highest BCUT2D eigenvalue weighted by molar-refractivity contribution is 6.30. The SMILES string of the molecule is COc1cc(OC)cc(-c2nc3ccc(Cl)cn3c2N)c1. The van der Waals surface area contributed by atoms with E-state index in [1.807, 2.05) is 18.2 Å². The average Bonchev–Trinajstić information content (AvgIpc) is 2.83. The average molecular weight is 304 g/mol. The Hall–Kier alpha value is -2.40. The molecule has 5 nitrogen and oxygen atoms in total. The van der Waals surface area contributed by atoms with Crippen LogP contribution in [0.4, 0.5) is 5.82 Å². The zero-order valence-electron chi connectivity index (χ0n) is 11.6. The number of halogens is 1. The lowest BCUT2D eigenvalue weighted by Gasteiger charge is -2.07. The van der Waals surface area contributed by atoms with Gasteiger partial charge in [0.2, 0.25) is 0 Å². The van der Waals surface area contributed by atoms with Gasteiger partial charge in [-0.25, -0.2) is 4.98 Å². The molecule has 0 aliphatic rings. The molecule has 2 N–H and O–H groups in total. The number of rotatable bonds is 3. The predicted octanol–water partition coefficient (Wildman–Crippen LogP) is 3.25. The lowest BCUT2D eigenvalue weighted by atomic mass is 10.1. The molecule has 3 aromatic rings. The third-order valence-electron chi connectivity index (χ3n) is 3.24. The largest absolute Gasteiger partial charge is 0.497 e. The van der Waals surface area contributed by atoms with Crippen LogP contribution in [0.15, 0.2) is 36.5 Å². The topological polar surface area (TPSA) is 61.8 Å². The van der Waals surface area contributed by atoms with E-state index in [0.29, 0.717) is 28.0 Å². The second-order valence-electron chi connectivity index (χ2n) is 4.52. The van der Waals surface area contributed by atoms with Gasteiger partial charge in [-0.05, 0) is 24.3 Å². The van der Waals surface area contributed by atoms with Gasteiger partial charge in [0.1, 0.15) is 28.7 Å². The molecule has 6 heteroatoms. The molecule has 1 aromatic carbocycles. The lowest BCUT2D eigenvalue weighted by Crippen LogP contribution is -1.95. The van der Waals surface area contributed by atoms with Crippen LogP contribution in [0.25, 0.3) is 16.9 Å². The Morgan fingerprint density at radius 1 is 1.10 bits per heavy atom. The number of hydrogen-bond acceptors (Lipinski definition) is 4. The molecule has 0 radical (unpaired) electrons. The number of benzene rings is 1. The van der Waals surface area contributed by atoms with Gasteiger partial charge in [0.25, 0.3) is 0 Å². The van der Waals surface area contributed by atoms with Crippen molar-refractivity contribution in [1.82, 2.24) is 9.38 Å². The van der Waals surface area contributed by atoms with Gasteiger partial charge in [-0.15, -0.1) is 0 Å². The molecule has 0 unspecified atom stereocenters. The summed E-state index contributed by atoms with van der Waals surface area (Å²) in [4.78, 5) is 4.54. The number of nitrogen functional groups attached to an aromatic ring is 1. The van der Waals surface area contributed by atoms with Crippen LogP contribution in [0, 0.1) is 0 Å². The van der Waals surface area contributed by atoms with Crippen LogP contribution in [0.3, 0.4) is 0 Å². The first kappa shape index (κ1) is 13.6. The molecule has 108 valence electrons. The van der Waals surface area contributed by atoms with Crippen molar-refractivity contribution in [3.05, 3.63) is 41.6 Å². The summed E-state index contributed by atoms with van der Waals surface area (Å²) in [6.07, 6.45) is 1.74. The highest BCUT2D eigenvalue weighted by Crippen LogP contribution is 2.33. The van der Waals surface area contributed by atoms with Crippen LogP contribution in [-0.4, -0.2) is 23.6 Å². The van der Waals surface area contributed by atoms with Gasteiger partial charge in [-0.3, -0.25) is 4.40 Å². The molecular formula is C15H14ClN3O2. The van der Waals surface area contributed by atoms with Gasteiger partial charge in [-0.2, -0.15) is 0 Å². The normalized spacial score (nSPS) is 10.8. The summed E-state index contributed by atoms with van der Waals surface area (Å²) in [6, 6.07) is 9.12. The molecule has 2 aromatic heterocycles. The fourth-order valence-corrected chi connectivity index (χ4v) is 2.35. The first-order valence-electron chi connectivity index (χ1n) is 6.29. The van der Waals surface area contributed by atoms with Gasteiger partial charge in [0.05, 0.1) is 19.2 Å². The van der Waals surface area contributed by atoms with Crippen molar-refractivity contribution in [2.45, 2.75) is 0 Å². The van der Waals surface area contributed by atoms with E-state index >= 15 is 0 Å². The minimum Gasteiger partial charge on any atom is -0.497 e. The molecule has 0 saturated heterocycles. The number of nitrogens with zero attached hydrogens (tertiary/aromatic N) is 2. The zero-order chi connectivity index (χ0) is 15.0. The lowest BCUT2D eigenvalue weighted by molar-refractivity contribution is 0.394. The minimum atomic E-state index is 0.516. The van der Waals surface area contributed by atoms with Crippen molar-refractivity contribution < 1.29 is 9.47 Å². The number of methoxy groups -OCH3 is 2. The van der Waals surface area contributed by atoms with Gasteiger partial charge >= 0.3 is 0 Å². The van der Waals surface area contributed by atoms with Crippen LogP contribution >= 0.6 is 11.6 Å². The highest BCUT2D eigenvalue weighted by atomic mass is 35.5. The van der Waals surface area contributed by atoms with E-state index < -0.39 is 0 Å². The molecule has 0 bridgehead atoms. The summed E-state index contributed by atoms with van der Waals surface area (Å²) < 4.78 is 12.3. The van der Waals surface area contributed by atoms with Gasteiger partial charge in [0.15, 0.2) is 0 Å². The molecule has 0 fully saturated rings. The van der Waals surface area contributed by atoms with E-state index in [2.05, 4.69) is 4.98 Å². The van der Waals surface area contributed by atoms with E-state index in [1.54, 1.807) is 36.9 Å². The molecule has 0 aliphatic carbocycles. The molecule has 0 saturated carbocycles. The van der Waals surface area contributed by atoms with Gasteiger partial charge in [0, 0.05) is 17.8 Å².